The minimum absolute atomic E-state index is 1.01. The van der Waals surface area contributed by atoms with E-state index in [-0.39, 0.29) is 0 Å². The highest BCUT2D eigenvalue weighted by atomic mass is 28.3. The van der Waals surface area contributed by atoms with E-state index in [1.165, 1.54) is 43.1 Å². The summed E-state index contributed by atoms with van der Waals surface area (Å²) in [6.07, 6.45) is 6.05. The van der Waals surface area contributed by atoms with Gasteiger partial charge in [0.2, 0.25) is 0 Å². The molecule has 0 unspecified atom stereocenters. The Hall–Kier alpha value is -2.87. The maximum absolute atomic E-state index is 6.05. The third kappa shape index (κ3) is 3.04. The molecule has 0 radical (unpaired) electrons. The highest BCUT2D eigenvalue weighted by Gasteiger charge is 2.31. The first-order chi connectivity index (χ1) is 15.1. The van der Waals surface area contributed by atoms with Crippen molar-refractivity contribution in [2.75, 3.05) is 0 Å². The van der Waals surface area contributed by atoms with E-state index in [0.717, 1.165) is 5.56 Å². The second-order valence-corrected chi connectivity index (χ2v) is 21.0. The molecule has 2 heteroatoms. The van der Waals surface area contributed by atoms with Crippen LogP contribution in [0.25, 0.3) is 43.1 Å². The lowest BCUT2D eigenvalue weighted by Gasteiger charge is -2.30. The summed E-state index contributed by atoms with van der Waals surface area (Å²) >= 11 is 0. The number of terminal acetylenes is 1. The molecule has 0 aliphatic heterocycles. The number of hydrogen-bond acceptors (Lipinski definition) is 0. The van der Waals surface area contributed by atoms with Crippen LogP contribution in [0.1, 0.15) is 5.56 Å². The lowest BCUT2D eigenvalue weighted by atomic mass is 9.93. The number of hydrogen-bond donors (Lipinski definition) is 0. The maximum Gasteiger partial charge on any atom is 0.0792 e. The molecule has 0 atom stereocenters. The van der Waals surface area contributed by atoms with Gasteiger partial charge in [0.15, 0.2) is 0 Å². The van der Waals surface area contributed by atoms with Crippen molar-refractivity contribution in [2.24, 2.45) is 0 Å². The molecule has 0 saturated heterocycles. The van der Waals surface area contributed by atoms with Crippen LogP contribution in [0.5, 0.6) is 0 Å². The van der Waals surface area contributed by atoms with Crippen molar-refractivity contribution in [2.45, 2.75) is 39.3 Å². The fraction of sp³-hybridized carbons (Fsp3) is 0.200. The standard InChI is InChI=1S/C30H30Si2/c1-8-20-13-11-14-22-17-19-25-28(26(20)22)30(32(5,6)7)24-18-16-21-12-9-10-15-23(21)27(24)29(25)31(2,3)4/h1,9-19H,2-7H3. The van der Waals surface area contributed by atoms with Crippen LogP contribution in [0, 0.1) is 12.3 Å². The summed E-state index contributed by atoms with van der Waals surface area (Å²) in [4.78, 5) is 0. The Morgan fingerprint density at radius 3 is 1.75 bits per heavy atom. The van der Waals surface area contributed by atoms with Gasteiger partial charge < -0.3 is 0 Å². The molecule has 0 fully saturated rings. The molecule has 158 valence electrons. The minimum Gasteiger partial charge on any atom is -0.115 e. The molecule has 0 spiro atoms. The lowest BCUT2D eigenvalue weighted by molar-refractivity contribution is 1.72. The molecule has 0 bridgehead atoms. The molecule has 5 rings (SSSR count). The lowest BCUT2D eigenvalue weighted by Crippen LogP contribution is -2.44. The minimum atomic E-state index is -1.74. The second-order valence-electron chi connectivity index (χ2n) is 11.0. The molecule has 32 heavy (non-hydrogen) atoms. The van der Waals surface area contributed by atoms with E-state index < -0.39 is 16.1 Å². The molecule has 5 aromatic carbocycles. The monoisotopic (exact) mass is 446 g/mol. The van der Waals surface area contributed by atoms with Gasteiger partial charge in [0.05, 0.1) is 16.1 Å². The Morgan fingerprint density at radius 2 is 1.09 bits per heavy atom. The first kappa shape index (κ1) is 21.0. The third-order valence-corrected chi connectivity index (χ3v) is 10.7. The third-order valence-electron chi connectivity index (χ3n) is 6.67. The van der Waals surface area contributed by atoms with Crippen LogP contribution in [0.3, 0.4) is 0 Å². The Labute approximate surface area is 193 Å². The van der Waals surface area contributed by atoms with Gasteiger partial charge in [-0.05, 0) is 54.1 Å². The normalized spacial score (nSPS) is 12.7. The first-order valence-electron chi connectivity index (χ1n) is 11.4. The van der Waals surface area contributed by atoms with Crippen molar-refractivity contribution in [3.8, 4) is 12.3 Å². The van der Waals surface area contributed by atoms with E-state index in [2.05, 4.69) is 112 Å². The Balaban J connectivity index is 2.25. The average Bonchev–Trinajstić information content (AvgIpc) is 2.74. The SMILES string of the molecule is C#Cc1cccc2ccc3c([Si](C)(C)C)c4c(ccc5ccccc54)c([Si](C)(C)C)c3c12. The van der Waals surface area contributed by atoms with Crippen LogP contribution in [0.2, 0.25) is 39.3 Å². The Kier molecular flexibility index (Phi) is 4.64. The van der Waals surface area contributed by atoms with Crippen molar-refractivity contribution in [3.05, 3.63) is 72.3 Å². The highest BCUT2D eigenvalue weighted by molar-refractivity contribution is 6.96. The van der Waals surface area contributed by atoms with E-state index in [9.17, 15) is 0 Å². The van der Waals surface area contributed by atoms with Gasteiger partial charge in [-0.15, -0.1) is 6.42 Å². The molecule has 5 aromatic rings. The van der Waals surface area contributed by atoms with Gasteiger partial charge in [-0.25, -0.2) is 0 Å². The quantitative estimate of drug-likeness (QED) is 0.115. The summed E-state index contributed by atoms with van der Waals surface area (Å²) in [5, 5.41) is 14.1. The van der Waals surface area contributed by atoms with E-state index in [1.54, 1.807) is 10.4 Å². The van der Waals surface area contributed by atoms with Crippen molar-refractivity contribution in [3.63, 3.8) is 0 Å². The van der Waals surface area contributed by atoms with E-state index in [0.29, 0.717) is 0 Å². The molecule has 0 N–H and O–H groups in total. The fourth-order valence-electron chi connectivity index (χ4n) is 5.54. The van der Waals surface area contributed by atoms with E-state index in [1.807, 2.05) is 0 Å². The fourth-order valence-corrected chi connectivity index (χ4v) is 9.61. The maximum atomic E-state index is 6.05. The summed E-state index contributed by atoms with van der Waals surface area (Å²) in [6.45, 7) is 14.9. The summed E-state index contributed by atoms with van der Waals surface area (Å²) < 4.78 is 0. The molecule has 0 amide bonds. The average molecular weight is 447 g/mol. The summed E-state index contributed by atoms with van der Waals surface area (Å²) in [6, 6.07) is 24.7. The van der Waals surface area contributed by atoms with Gasteiger partial charge >= 0.3 is 0 Å². The molecular formula is C30H30Si2. The van der Waals surface area contributed by atoms with Gasteiger partial charge in [0.1, 0.15) is 0 Å². The summed E-state index contributed by atoms with van der Waals surface area (Å²) in [7, 11) is -3.45. The number of rotatable bonds is 2. The Bertz CT molecular complexity index is 1590. The first-order valence-corrected chi connectivity index (χ1v) is 18.4. The van der Waals surface area contributed by atoms with Crippen LogP contribution in [-0.2, 0) is 0 Å². The predicted molar refractivity (Wildman–Crippen MR) is 150 cm³/mol. The van der Waals surface area contributed by atoms with Crippen molar-refractivity contribution in [1.29, 1.82) is 0 Å². The van der Waals surface area contributed by atoms with Gasteiger partial charge in [-0.3, -0.25) is 0 Å². The summed E-state index contributed by atoms with van der Waals surface area (Å²) in [5.74, 6) is 3.00. The zero-order valence-electron chi connectivity index (χ0n) is 19.9. The highest BCUT2D eigenvalue weighted by Crippen LogP contribution is 2.35. The van der Waals surface area contributed by atoms with Gasteiger partial charge in [-0.2, -0.15) is 0 Å². The van der Waals surface area contributed by atoms with Gasteiger partial charge in [0.25, 0.3) is 0 Å². The van der Waals surface area contributed by atoms with Gasteiger partial charge in [-0.1, -0.05) is 106 Å². The number of benzene rings is 5. The predicted octanol–water partition coefficient (Wildman–Crippen LogP) is 7.37. The van der Waals surface area contributed by atoms with Crippen LogP contribution < -0.4 is 10.4 Å². The zero-order chi connectivity index (χ0) is 22.8. The van der Waals surface area contributed by atoms with E-state index >= 15 is 0 Å². The van der Waals surface area contributed by atoms with Crippen LogP contribution in [0.15, 0.2) is 66.7 Å². The topological polar surface area (TPSA) is 0 Å². The largest absolute Gasteiger partial charge is 0.115 e. The van der Waals surface area contributed by atoms with Crippen LogP contribution in [-0.4, -0.2) is 16.1 Å². The molecular weight excluding hydrogens is 417 g/mol. The van der Waals surface area contributed by atoms with Crippen LogP contribution in [0.4, 0.5) is 0 Å². The van der Waals surface area contributed by atoms with Crippen molar-refractivity contribution < 1.29 is 0 Å². The van der Waals surface area contributed by atoms with Crippen molar-refractivity contribution in [1.82, 2.24) is 0 Å². The number of fused-ring (bicyclic) bond motifs is 6. The Morgan fingerprint density at radius 1 is 0.531 bits per heavy atom. The molecule has 0 aliphatic carbocycles. The summed E-state index contributed by atoms with van der Waals surface area (Å²) in [5.41, 5.74) is 1.01. The molecule has 0 heterocycles. The smallest absolute Gasteiger partial charge is 0.0792 e. The van der Waals surface area contributed by atoms with Crippen molar-refractivity contribution >= 4 is 69.6 Å². The zero-order valence-corrected chi connectivity index (χ0v) is 21.9. The molecule has 0 nitrogen and oxygen atoms in total. The molecule has 0 aliphatic rings. The van der Waals surface area contributed by atoms with Crippen LogP contribution >= 0.6 is 0 Å². The second kappa shape index (κ2) is 7.07. The molecule has 0 saturated carbocycles. The molecule has 0 aromatic heterocycles. The van der Waals surface area contributed by atoms with Gasteiger partial charge in [0, 0.05) is 10.9 Å². The van der Waals surface area contributed by atoms with E-state index in [4.69, 9.17) is 6.42 Å².